The molecular formula is C20H35. The first kappa shape index (κ1) is 14.9. The van der Waals surface area contributed by atoms with Crippen molar-refractivity contribution in [3.05, 3.63) is 6.42 Å². The summed E-state index contributed by atoms with van der Waals surface area (Å²) in [6.07, 6.45) is 27.0. The van der Waals surface area contributed by atoms with Gasteiger partial charge in [0.05, 0.1) is 0 Å². The molecular weight excluding hydrogens is 240 g/mol. The van der Waals surface area contributed by atoms with Gasteiger partial charge in [-0.2, -0.15) is 0 Å². The molecule has 0 aromatic rings. The van der Waals surface area contributed by atoms with Gasteiger partial charge in [0.1, 0.15) is 0 Å². The lowest BCUT2D eigenvalue weighted by Crippen LogP contribution is -2.40. The van der Waals surface area contributed by atoms with E-state index in [0.29, 0.717) is 0 Å². The molecule has 115 valence electrons. The molecule has 1 radical (unpaired) electrons. The smallest absolute Gasteiger partial charge is 0.0238 e. The summed E-state index contributed by atoms with van der Waals surface area (Å²) in [6.45, 7) is 0. The summed E-state index contributed by atoms with van der Waals surface area (Å²) in [7, 11) is 0. The lowest BCUT2D eigenvalue weighted by Gasteiger charge is -2.49. The monoisotopic (exact) mass is 275 g/mol. The van der Waals surface area contributed by atoms with E-state index in [1.54, 1.807) is 32.1 Å². The van der Waals surface area contributed by atoms with E-state index in [1.165, 1.54) is 70.6 Å². The largest absolute Gasteiger partial charge is 0.0533 e. The Balaban J connectivity index is 1.78. The van der Waals surface area contributed by atoms with Gasteiger partial charge < -0.3 is 0 Å². The first-order chi connectivity index (χ1) is 9.92. The minimum Gasteiger partial charge on any atom is -0.0533 e. The van der Waals surface area contributed by atoms with Crippen LogP contribution in [-0.4, -0.2) is 0 Å². The van der Waals surface area contributed by atoms with Crippen LogP contribution in [0.25, 0.3) is 0 Å². The summed E-state index contributed by atoms with van der Waals surface area (Å²) < 4.78 is 0. The molecule has 0 heteroatoms. The maximum absolute atomic E-state index is 2.68. The van der Waals surface area contributed by atoms with E-state index in [0.717, 1.165) is 17.3 Å². The van der Waals surface area contributed by atoms with Crippen LogP contribution >= 0.6 is 0 Å². The zero-order valence-corrected chi connectivity index (χ0v) is 13.5. The number of hydrogen-bond acceptors (Lipinski definition) is 0. The second-order valence-electron chi connectivity index (χ2n) is 8.00. The summed E-state index contributed by atoms with van der Waals surface area (Å²) in [6, 6.07) is 0. The van der Waals surface area contributed by atoms with Crippen LogP contribution in [0.5, 0.6) is 0 Å². The minimum absolute atomic E-state index is 0.743. The van der Waals surface area contributed by atoms with Gasteiger partial charge in [0, 0.05) is 0 Å². The maximum Gasteiger partial charge on any atom is -0.0238 e. The van der Waals surface area contributed by atoms with Crippen molar-refractivity contribution in [1.29, 1.82) is 0 Å². The quantitative estimate of drug-likeness (QED) is 0.492. The topological polar surface area (TPSA) is 0 Å². The fourth-order valence-corrected chi connectivity index (χ4v) is 5.83. The predicted octanol–water partition coefficient (Wildman–Crippen LogP) is 6.69. The third-order valence-electron chi connectivity index (χ3n) is 6.91. The van der Waals surface area contributed by atoms with Crippen molar-refractivity contribution < 1.29 is 0 Å². The Morgan fingerprint density at radius 3 is 1.50 bits per heavy atom. The first-order valence-electron chi connectivity index (χ1n) is 9.73. The van der Waals surface area contributed by atoms with Crippen LogP contribution in [-0.2, 0) is 0 Å². The molecule has 0 N–H and O–H groups in total. The lowest BCUT2D eigenvalue weighted by molar-refractivity contribution is 0.0219. The molecule has 0 amide bonds. The van der Waals surface area contributed by atoms with Crippen molar-refractivity contribution in [3.8, 4) is 0 Å². The van der Waals surface area contributed by atoms with Gasteiger partial charge in [-0.3, -0.25) is 0 Å². The minimum atomic E-state index is 0.743. The molecule has 0 atom stereocenters. The lowest BCUT2D eigenvalue weighted by atomic mass is 9.56. The van der Waals surface area contributed by atoms with Gasteiger partial charge in [0.2, 0.25) is 0 Å². The molecule has 0 heterocycles. The van der Waals surface area contributed by atoms with Gasteiger partial charge in [-0.05, 0) is 62.2 Å². The molecule has 3 aliphatic rings. The standard InChI is InChI=1S/C20H35/c1-2-7-13-18(12-6-1)20(16-10-5-11-17-20)19-14-8-3-4-9-15-19/h10,18-19H,1-9,11-17H2. The maximum atomic E-state index is 2.68. The molecule has 3 fully saturated rings. The summed E-state index contributed by atoms with van der Waals surface area (Å²) in [5.74, 6) is 2.15. The first-order valence-corrected chi connectivity index (χ1v) is 9.73. The van der Waals surface area contributed by atoms with E-state index in [-0.39, 0.29) is 0 Å². The predicted molar refractivity (Wildman–Crippen MR) is 87.6 cm³/mol. The van der Waals surface area contributed by atoms with Crippen LogP contribution in [0.2, 0.25) is 0 Å². The SMILES string of the molecule is [CH]1CCCC(C2CCCCCC2)(C2CCCCCC2)C1. The highest BCUT2D eigenvalue weighted by Gasteiger charge is 2.44. The zero-order chi connectivity index (χ0) is 13.7. The van der Waals surface area contributed by atoms with Gasteiger partial charge in [-0.25, -0.2) is 0 Å². The third kappa shape index (κ3) is 3.25. The van der Waals surface area contributed by atoms with Gasteiger partial charge in [0.15, 0.2) is 0 Å². The van der Waals surface area contributed by atoms with E-state index in [9.17, 15) is 0 Å². The highest BCUT2D eigenvalue weighted by molar-refractivity contribution is 4.99. The molecule has 0 spiro atoms. The van der Waals surface area contributed by atoms with Crippen LogP contribution in [0.4, 0.5) is 0 Å². The second kappa shape index (κ2) is 7.32. The Morgan fingerprint density at radius 1 is 0.600 bits per heavy atom. The molecule has 0 nitrogen and oxygen atoms in total. The molecule has 3 rings (SSSR count). The Labute approximate surface area is 127 Å². The van der Waals surface area contributed by atoms with E-state index in [2.05, 4.69) is 6.42 Å². The summed E-state index contributed by atoms with van der Waals surface area (Å²) in [5.41, 5.74) is 0.743. The molecule has 0 unspecified atom stereocenters. The average Bonchev–Trinajstić information content (AvgIpc) is 2.93. The summed E-state index contributed by atoms with van der Waals surface area (Å²) >= 11 is 0. The van der Waals surface area contributed by atoms with Crippen LogP contribution < -0.4 is 0 Å². The van der Waals surface area contributed by atoms with Crippen LogP contribution in [0, 0.1) is 23.7 Å². The Kier molecular flexibility index (Phi) is 5.46. The average molecular weight is 276 g/mol. The third-order valence-corrected chi connectivity index (χ3v) is 6.91. The highest BCUT2D eigenvalue weighted by Crippen LogP contribution is 2.55. The molecule has 0 aliphatic heterocycles. The molecule has 3 aliphatic carbocycles. The van der Waals surface area contributed by atoms with E-state index >= 15 is 0 Å². The Hall–Kier alpha value is 0. The molecule has 0 saturated heterocycles. The summed E-state index contributed by atoms with van der Waals surface area (Å²) in [4.78, 5) is 0. The van der Waals surface area contributed by atoms with E-state index in [4.69, 9.17) is 0 Å². The summed E-state index contributed by atoms with van der Waals surface area (Å²) in [5, 5.41) is 0. The molecule has 0 bridgehead atoms. The molecule has 20 heavy (non-hydrogen) atoms. The van der Waals surface area contributed by atoms with Gasteiger partial charge in [0.25, 0.3) is 0 Å². The van der Waals surface area contributed by atoms with Gasteiger partial charge >= 0.3 is 0 Å². The number of rotatable bonds is 2. The fraction of sp³-hybridized carbons (Fsp3) is 0.950. The normalized spacial score (nSPS) is 30.6. The van der Waals surface area contributed by atoms with Gasteiger partial charge in [-0.15, -0.1) is 0 Å². The van der Waals surface area contributed by atoms with E-state index in [1.807, 2.05) is 0 Å². The van der Waals surface area contributed by atoms with Crippen molar-refractivity contribution in [2.24, 2.45) is 17.3 Å². The van der Waals surface area contributed by atoms with Crippen molar-refractivity contribution in [3.63, 3.8) is 0 Å². The van der Waals surface area contributed by atoms with Crippen molar-refractivity contribution in [2.45, 2.75) is 103 Å². The Bertz CT molecular complexity index is 236. The van der Waals surface area contributed by atoms with Gasteiger partial charge in [-0.1, -0.05) is 64.2 Å². The molecule has 0 aromatic carbocycles. The highest BCUT2D eigenvalue weighted by atomic mass is 14.5. The zero-order valence-electron chi connectivity index (χ0n) is 13.5. The van der Waals surface area contributed by atoms with E-state index < -0.39 is 0 Å². The van der Waals surface area contributed by atoms with Crippen molar-refractivity contribution in [2.75, 3.05) is 0 Å². The van der Waals surface area contributed by atoms with Crippen LogP contribution in [0.1, 0.15) is 103 Å². The van der Waals surface area contributed by atoms with Crippen molar-refractivity contribution in [1.82, 2.24) is 0 Å². The fourth-order valence-electron chi connectivity index (χ4n) is 5.83. The van der Waals surface area contributed by atoms with Crippen LogP contribution in [0.15, 0.2) is 0 Å². The van der Waals surface area contributed by atoms with Crippen LogP contribution in [0.3, 0.4) is 0 Å². The van der Waals surface area contributed by atoms with Crippen molar-refractivity contribution >= 4 is 0 Å². The number of hydrogen-bond donors (Lipinski definition) is 0. The second-order valence-corrected chi connectivity index (χ2v) is 8.00. The molecule has 3 saturated carbocycles. The molecule has 0 aromatic heterocycles. The Morgan fingerprint density at radius 2 is 1.10 bits per heavy atom.